The van der Waals surface area contributed by atoms with Crippen LogP contribution in [0.25, 0.3) is 10.8 Å². The zero-order valence-electron chi connectivity index (χ0n) is 20.9. The van der Waals surface area contributed by atoms with Gasteiger partial charge in [-0.1, -0.05) is 48.5 Å². The van der Waals surface area contributed by atoms with Crippen LogP contribution in [0.3, 0.4) is 0 Å². The van der Waals surface area contributed by atoms with Crippen molar-refractivity contribution in [2.24, 2.45) is 0 Å². The maximum atomic E-state index is 13.3. The highest BCUT2D eigenvalue weighted by atomic mass is 16.5. The molecule has 1 saturated carbocycles. The largest absolute Gasteiger partial charge is 0.497 e. The number of amides is 2. The number of benzene rings is 3. The fourth-order valence-electron chi connectivity index (χ4n) is 4.33. The quantitative estimate of drug-likeness (QED) is 0.378. The molecule has 3 aromatic carbocycles. The molecule has 2 amide bonds. The maximum Gasteiger partial charge on any atom is 0.257 e. The zero-order chi connectivity index (χ0) is 25.9. The minimum absolute atomic E-state index is 0.0252. The van der Waals surface area contributed by atoms with Crippen molar-refractivity contribution in [2.75, 3.05) is 7.11 Å². The summed E-state index contributed by atoms with van der Waals surface area (Å²) in [5, 5.41) is 7.85. The molecular weight excluding hydrogens is 466 g/mol. The van der Waals surface area contributed by atoms with E-state index < -0.39 is 17.2 Å². The lowest BCUT2D eigenvalue weighted by Crippen LogP contribution is -2.36. The second-order valence-corrected chi connectivity index (χ2v) is 9.49. The first-order chi connectivity index (χ1) is 17.9. The van der Waals surface area contributed by atoms with Gasteiger partial charge in [0, 0.05) is 25.0 Å². The van der Waals surface area contributed by atoms with Gasteiger partial charge in [-0.15, -0.1) is 0 Å². The third kappa shape index (κ3) is 5.56. The Labute approximate surface area is 215 Å². The minimum atomic E-state index is -0.572. The molecule has 1 heterocycles. The molecule has 0 unspecified atom stereocenters. The van der Waals surface area contributed by atoms with Crippen LogP contribution in [0.4, 0.5) is 0 Å². The third-order valence-electron chi connectivity index (χ3n) is 6.61. The molecule has 0 bridgehead atoms. The molecule has 0 spiro atoms. The Morgan fingerprint density at radius 3 is 2.32 bits per heavy atom. The van der Waals surface area contributed by atoms with Gasteiger partial charge in [0.05, 0.1) is 13.2 Å². The molecule has 2 N–H and O–H groups in total. The number of methoxy groups -OCH3 is 1. The van der Waals surface area contributed by atoms with Gasteiger partial charge in [0.2, 0.25) is 5.43 Å². The average molecular weight is 496 g/mol. The Bertz CT molecular complexity index is 1520. The van der Waals surface area contributed by atoms with Crippen LogP contribution < -0.4 is 20.8 Å². The van der Waals surface area contributed by atoms with Crippen molar-refractivity contribution in [3.05, 3.63) is 112 Å². The SMILES string of the molecule is COc1ccc2cc([C@H](C)NC(=O)c3cn(Cc4ccccc4)cc(C(=O)NC4CC4)c3=O)ccc2c1. The molecule has 0 aliphatic heterocycles. The van der Waals surface area contributed by atoms with Gasteiger partial charge < -0.3 is 19.9 Å². The smallest absolute Gasteiger partial charge is 0.257 e. The van der Waals surface area contributed by atoms with Gasteiger partial charge in [0.1, 0.15) is 16.9 Å². The zero-order valence-corrected chi connectivity index (χ0v) is 20.9. The standard InChI is InChI=1S/C30H29N3O4/c1-19(21-8-9-23-15-25(37-2)13-10-22(23)14-21)31-29(35)26-17-33(16-20-6-4-3-5-7-20)18-27(28(26)34)30(36)32-24-11-12-24/h3-10,13-15,17-19,24H,11-12,16H2,1-2H3,(H,31,35)(H,32,36)/t19-/m0/s1. The topological polar surface area (TPSA) is 89.4 Å². The lowest BCUT2D eigenvalue weighted by Gasteiger charge is -2.17. The van der Waals surface area contributed by atoms with E-state index in [1.807, 2.05) is 73.7 Å². The summed E-state index contributed by atoms with van der Waals surface area (Å²) in [6, 6.07) is 21.2. The first-order valence-corrected chi connectivity index (χ1v) is 12.4. The van der Waals surface area contributed by atoms with E-state index >= 15 is 0 Å². The van der Waals surface area contributed by atoms with E-state index in [9.17, 15) is 14.4 Å². The number of nitrogens with zero attached hydrogens (tertiary/aromatic N) is 1. The van der Waals surface area contributed by atoms with E-state index in [1.165, 1.54) is 12.4 Å². The summed E-state index contributed by atoms with van der Waals surface area (Å²) < 4.78 is 7.02. The first-order valence-electron chi connectivity index (χ1n) is 12.4. The molecule has 37 heavy (non-hydrogen) atoms. The fraction of sp³-hybridized carbons (Fsp3) is 0.233. The second kappa shape index (κ2) is 10.3. The van der Waals surface area contributed by atoms with Gasteiger partial charge in [0.25, 0.3) is 11.8 Å². The Kier molecular flexibility index (Phi) is 6.77. The number of hydrogen-bond acceptors (Lipinski definition) is 4. The van der Waals surface area contributed by atoms with Gasteiger partial charge in [-0.3, -0.25) is 14.4 Å². The number of carbonyl (C=O) groups is 2. The lowest BCUT2D eigenvalue weighted by molar-refractivity contribution is 0.0938. The summed E-state index contributed by atoms with van der Waals surface area (Å²) in [6.45, 7) is 2.30. The van der Waals surface area contributed by atoms with Gasteiger partial charge in [0.15, 0.2) is 0 Å². The van der Waals surface area contributed by atoms with Gasteiger partial charge in [-0.05, 0) is 59.9 Å². The van der Waals surface area contributed by atoms with Crippen LogP contribution in [0, 0.1) is 0 Å². The minimum Gasteiger partial charge on any atom is -0.497 e. The van der Waals surface area contributed by atoms with E-state index in [-0.39, 0.29) is 23.2 Å². The molecule has 1 fully saturated rings. The van der Waals surface area contributed by atoms with Crippen LogP contribution in [0.1, 0.15) is 57.7 Å². The van der Waals surface area contributed by atoms with Gasteiger partial charge >= 0.3 is 0 Å². The van der Waals surface area contributed by atoms with Crippen molar-refractivity contribution < 1.29 is 14.3 Å². The highest BCUT2D eigenvalue weighted by Crippen LogP contribution is 2.24. The highest BCUT2D eigenvalue weighted by molar-refractivity contribution is 5.99. The summed E-state index contributed by atoms with van der Waals surface area (Å²) in [4.78, 5) is 39.4. The molecule has 0 radical (unpaired) electrons. The molecule has 1 aliphatic rings. The number of fused-ring (bicyclic) bond motifs is 1. The Morgan fingerprint density at radius 1 is 0.946 bits per heavy atom. The van der Waals surface area contributed by atoms with Crippen molar-refractivity contribution in [1.29, 1.82) is 0 Å². The molecule has 1 aliphatic carbocycles. The van der Waals surface area contributed by atoms with Crippen molar-refractivity contribution in [3.63, 3.8) is 0 Å². The van der Waals surface area contributed by atoms with Crippen LogP contribution in [0.2, 0.25) is 0 Å². The van der Waals surface area contributed by atoms with E-state index in [2.05, 4.69) is 10.6 Å². The molecule has 1 atom stereocenters. The monoisotopic (exact) mass is 495 g/mol. The van der Waals surface area contributed by atoms with Crippen molar-refractivity contribution in [2.45, 2.75) is 38.4 Å². The first kappa shape index (κ1) is 24.3. The molecule has 1 aromatic heterocycles. The number of ether oxygens (including phenoxy) is 1. The number of aromatic nitrogens is 1. The normalized spacial score (nSPS) is 13.7. The molecular formula is C30H29N3O4. The predicted molar refractivity (Wildman–Crippen MR) is 143 cm³/mol. The summed E-state index contributed by atoms with van der Waals surface area (Å²) in [5.41, 5.74) is 1.24. The Balaban J connectivity index is 1.43. The number of rotatable bonds is 8. The van der Waals surface area contributed by atoms with E-state index in [4.69, 9.17) is 4.74 Å². The molecule has 0 saturated heterocycles. The van der Waals surface area contributed by atoms with Crippen LogP contribution in [0.15, 0.2) is 83.9 Å². The summed E-state index contributed by atoms with van der Waals surface area (Å²) >= 11 is 0. The van der Waals surface area contributed by atoms with Crippen molar-refractivity contribution in [1.82, 2.24) is 15.2 Å². The average Bonchev–Trinajstić information content (AvgIpc) is 3.73. The van der Waals surface area contributed by atoms with Crippen LogP contribution >= 0.6 is 0 Å². The molecule has 188 valence electrons. The lowest BCUT2D eigenvalue weighted by atomic mass is 10.0. The number of pyridine rings is 1. The van der Waals surface area contributed by atoms with Crippen molar-refractivity contribution >= 4 is 22.6 Å². The fourth-order valence-corrected chi connectivity index (χ4v) is 4.33. The van der Waals surface area contributed by atoms with Gasteiger partial charge in [-0.2, -0.15) is 0 Å². The number of hydrogen-bond donors (Lipinski definition) is 2. The molecule has 5 rings (SSSR count). The van der Waals surface area contributed by atoms with Crippen molar-refractivity contribution in [3.8, 4) is 5.75 Å². The van der Waals surface area contributed by atoms with Crippen LogP contribution in [0.5, 0.6) is 5.75 Å². The highest BCUT2D eigenvalue weighted by Gasteiger charge is 2.27. The Morgan fingerprint density at radius 2 is 1.62 bits per heavy atom. The summed E-state index contributed by atoms with van der Waals surface area (Å²) in [5.74, 6) is -0.184. The maximum absolute atomic E-state index is 13.3. The van der Waals surface area contributed by atoms with Gasteiger partial charge in [-0.25, -0.2) is 0 Å². The molecule has 7 heteroatoms. The third-order valence-corrected chi connectivity index (χ3v) is 6.61. The van der Waals surface area contributed by atoms with E-state index in [1.54, 1.807) is 11.7 Å². The summed E-state index contributed by atoms with van der Waals surface area (Å²) in [7, 11) is 1.63. The second-order valence-electron chi connectivity index (χ2n) is 9.49. The van der Waals surface area contributed by atoms with Crippen LogP contribution in [-0.2, 0) is 6.54 Å². The molecule has 4 aromatic rings. The Hall–Kier alpha value is -4.39. The van der Waals surface area contributed by atoms with E-state index in [0.717, 1.165) is 40.5 Å². The number of nitrogens with one attached hydrogen (secondary N) is 2. The summed E-state index contributed by atoms with van der Waals surface area (Å²) in [6.07, 6.45) is 4.86. The number of carbonyl (C=O) groups excluding carboxylic acids is 2. The molecule has 7 nitrogen and oxygen atoms in total. The van der Waals surface area contributed by atoms with E-state index in [0.29, 0.717) is 6.54 Å². The van der Waals surface area contributed by atoms with Crippen LogP contribution in [-0.4, -0.2) is 29.5 Å². The predicted octanol–water partition coefficient (Wildman–Crippen LogP) is 4.44.